The minimum Gasteiger partial charge on any atom is -0.368 e. The number of terminal acetylenes is 1. The van der Waals surface area contributed by atoms with Crippen molar-refractivity contribution in [3.05, 3.63) is 126 Å². The molecule has 0 spiro atoms. The molecule has 5 atom stereocenters. The summed E-state index contributed by atoms with van der Waals surface area (Å²) in [6.45, 7) is -0.317. The number of carbonyl (C=O) groups excluding carboxylic acids is 6. The smallest absolute Gasteiger partial charge is 0.264 e. The van der Waals surface area contributed by atoms with Crippen LogP contribution in [0.1, 0.15) is 41.6 Å². The molecule has 0 fully saturated rings. The Labute approximate surface area is 380 Å². The van der Waals surface area contributed by atoms with Gasteiger partial charge in [-0.3, -0.25) is 34.2 Å². The van der Waals surface area contributed by atoms with Gasteiger partial charge in [0.2, 0.25) is 29.5 Å². The number of H-pyrrole nitrogens is 3. The highest BCUT2D eigenvalue weighted by Gasteiger charge is 2.33. The Kier molecular flexibility index (Phi) is 16.6. The van der Waals surface area contributed by atoms with E-state index >= 15 is 0 Å². The van der Waals surface area contributed by atoms with Gasteiger partial charge in [0.05, 0.1) is 12.4 Å². The largest absolute Gasteiger partial charge is 0.368 e. The highest BCUT2D eigenvalue weighted by molar-refractivity contribution is 5.96. The summed E-state index contributed by atoms with van der Waals surface area (Å²) in [5, 5.41) is 13.5. The summed E-state index contributed by atoms with van der Waals surface area (Å²) in [4.78, 5) is 96.3. The topological polar surface area (TPSA) is 304 Å². The van der Waals surface area contributed by atoms with Crippen molar-refractivity contribution in [1.82, 2.24) is 51.6 Å². The first-order valence-electron chi connectivity index (χ1n) is 21.5. The van der Waals surface area contributed by atoms with Crippen LogP contribution >= 0.6 is 0 Å². The predicted molar refractivity (Wildman–Crippen MR) is 248 cm³/mol. The number of primary amides is 1. The Hall–Kier alpha value is -7.95. The number of para-hydroxylation sites is 2. The minimum atomic E-state index is -1.32. The number of fused-ring (bicyclic) bond motifs is 2. The van der Waals surface area contributed by atoms with Crippen molar-refractivity contribution in [1.29, 1.82) is 0 Å². The molecule has 0 bridgehead atoms. The van der Waals surface area contributed by atoms with Crippen LogP contribution in [0.3, 0.4) is 0 Å². The molecule has 0 aliphatic rings. The number of hydrazine groups is 1. The van der Waals surface area contributed by atoms with Gasteiger partial charge in [-0.15, -0.1) is 0 Å². The number of nitrogens with two attached hydrogens (primary N) is 3. The number of carbonyl (C=O) groups is 6. The summed E-state index contributed by atoms with van der Waals surface area (Å²) in [5.74, 6) is -4.37. The van der Waals surface area contributed by atoms with E-state index in [-0.39, 0.29) is 32.1 Å². The van der Waals surface area contributed by atoms with Gasteiger partial charge in [-0.1, -0.05) is 73.2 Å². The molecule has 6 amide bonds. The van der Waals surface area contributed by atoms with Crippen molar-refractivity contribution < 1.29 is 28.8 Å². The Morgan fingerprint density at radius 1 is 0.682 bits per heavy atom. The maximum atomic E-state index is 14.5. The molecule has 0 saturated carbocycles. The standard InChI is InChI=1S/C47H55N13O6/c1-2-55-60(47(66)41(22-31-25-53-37-17-9-7-15-34(31)37)59-44(63)35(49)23-32-26-51-28-54-32)27-42(61)56-40(21-30-24-52-36-16-8-6-14-33(30)36)46(65)58-39(20-29-12-4-3-5-13-29)45(64)57-38(43(50)62)18-10-11-19-48/h1,3-9,12-17,24-26,28,35,38-41,52-53,55H,10-11,18-23,27,48-49H2,(H2,50,62)(H,51,54)(H,56,61)(H,57,64)(H,58,65)(H,59,63)/t35-,38-,39+,40-,41+/m0/s1. The van der Waals surface area contributed by atoms with Gasteiger partial charge in [-0.2, -0.15) is 0 Å². The molecule has 0 aliphatic carbocycles. The van der Waals surface area contributed by atoms with Gasteiger partial charge >= 0.3 is 0 Å². The number of hydrogen-bond donors (Lipinski definition) is 11. The number of amides is 6. The number of nitrogens with one attached hydrogen (secondary N) is 8. The van der Waals surface area contributed by atoms with Crippen molar-refractivity contribution in [3.63, 3.8) is 0 Å². The third-order valence-corrected chi connectivity index (χ3v) is 11.1. The monoisotopic (exact) mass is 897 g/mol. The molecule has 66 heavy (non-hydrogen) atoms. The molecule has 14 N–H and O–H groups in total. The lowest BCUT2D eigenvalue weighted by Crippen LogP contribution is -2.60. The summed E-state index contributed by atoms with van der Waals surface area (Å²) >= 11 is 0. The van der Waals surface area contributed by atoms with Crippen molar-refractivity contribution in [2.45, 2.75) is 75.2 Å². The number of hydrogen-bond acceptors (Lipinski definition) is 10. The van der Waals surface area contributed by atoms with E-state index in [0.29, 0.717) is 41.8 Å². The van der Waals surface area contributed by atoms with E-state index in [1.165, 1.54) is 12.5 Å². The zero-order valence-corrected chi connectivity index (χ0v) is 36.2. The van der Waals surface area contributed by atoms with Crippen molar-refractivity contribution in [2.75, 3.05) is 13.1 Å². The molecule has 19 nitrogen and oxygen atoms in total. The first-order chi connectivity index (χ1) is 31.9. The lowest BCUT2D eigenvalue weighted by molar-refractivity contribution is -0.142. The van der Waals surface area contributed by atoms with Gasteiger partial charge < -0.3 is 53.4 Å². The molecule has 0 unspecified atom stereocenters. The molecule has 3 aromatic carbocycles. The Bertz CT molecular complexity index is 2640. The third kappa shape index (κ3) is 12.8. The van der Waals surface area contributed by atoms with E-state index in [0.717, 1.165) is 26.8 Å². The zero-order chi connectivity index (χ0) is 47.0. The molecule has 0 aliphatic heterocycles. The van der Waals surface area contributed by atoms with E-state index < -0.39 is 72.2 Å². The molecule has 6 aromatic rings. The first-order valence-corrected chi connectivity index (χ1v) is 21.5. The van der Waals surface area contributed by atoms with Crippen LogP contribution in [-0.4, -0.2) is 104 Å². The van der Waals surface area contributed by atoms with Crippen LogP contribution in [-0.2, 0) is 54.5 Å². The Balaban J connectivity index is 1.25. The third-order valence-electron chi connectivity index (χ3n) is 11.1. The molecule has 6 rings (SSSR count). The van der Waals surface area contributed by atoms with Crippen LogP contribution in [0.5, 0.6) is 0 Å². The average molecular weight is 898 g/mol. The van der Waals surface area contributed by atoms with Crippen molar-refractivity contribution >= 4 is 57.2 Å². The maximum absolute atomic E-state index is 14.5. The van der Waals surface area contributed by atoms with Crippen molar-refractivity contribution in [2.24, 2.45) is 17.2 Å². The summed E-state index contributed by atoms with van der Waals surface area (Å²) in [5.41, 5.74) is 24.3. The van der Waals surface area contributed by atoms with E-state index in [2.05, 4.69) is 52.7 Å². The van der Waals surface area contributed by atoms with Crippen LogP contribution in [0.25, 0.3) is 21.8 Å². The van der Waals surface area contributed by atoms with Crippen LogP contribution in [0.4, 0.5) is 0 Å². The van der Waals surface area contributed by atoms with Crippen molar-refractivity contribution in [3.8, 4) is 12.5 Å². The fraction of sp³-hybridized carbons (Fsp3) is 0.298. The number of aromatic amines is 3. The quantitative estimate of drug-likeness (QED) is 0.0173. The summed E-state index contributed by atoms with van der Waals surface area (Å²) in [7, 11) is 0. The van der Waals surface area contributed by atoms with Gasteiger partial charge in [0.15, 0.2) is 0 Å². The number of nitrogens with zero attached hydrogens (tertiary/aromatic N) is 2. The van der Waals surface area contributed by atoms with Gasteiger partial charge in [0, 0.05) is 77.8 Å². The van der Waals surface area contributed by atoms with E-state index in [1.54, 1.807) is 36.7 Å². The van der Waals surface area contributed by atoms with Gasteiger partial charge in [-0.05, 0) is 54.6 Å². The number of unbranched alkanes of at least 4 members (excludes halogenated alkanes) is 1. The lowest BCUT2D eigenvalue weighted by atomic mass is 10.0. The number of imidazole rings is 1. The average Bonchev–Trinajstić information content (AvgIpc) is 4.09. The SMILES string of the molecule is C#CNN(CC(=O)N[C@@H](Cc1c[nH]c2ccccc12)C(=O)N[C@H](Cc1ccccc1)C(=O)N[C@@H](CCCCN)C(N)=O)C(=O)[C@@H](Cc1c[nH]c2ccccc12)NC(=O)[C@@H](N)Cc1cnc[nH]1. The fourth-order valence-corrected chi connectivity index (χ4v) is 7.66. The molecule has 344 valence electrons. The number of rotatable bonds is 24. The van der Waals surface area contributed by atoms with Crippen LogP contribution < -0.4 is 43.9 Å². The van der Waals surface area contributed by atoms with Crippen LogP contribution in [0, 0.1) is 12.5 Å². The molecule has 19 heteroatoms. The van der Waals surface area contributed by atoms with E-state index in [1.807, 2.05) is 54.6 Å². The zero-order valence-electron chi connectivity index (χ0n) is 36.2. The molecule has 3 aromatic heterocycles. The fourth-order valence-electron chi connectivity index (χ4n) is 7.66. The normalized spacial score (nSPS) is 13.3. The van der Waals surface area contributed by atoms with E-state index in [4.69, 9.17) is 23.6 Å². The summed E-state index contributed by atoms with van der Waals surface area (Å²) in [6.07, 6.45) is 13.5. The van der Waals surface area contributed by atoms with E-state index in [9.17, 15) is 28.8 Å². The Morgan fingerprint density at radius 2 is 1.26 bits per heavy atom. The summed E-state index contributed by atoms with van der Waals surface area (Å²) in [6, 6.07) is 20.1. The lowest BCUT2D eigenvalue weighted by Gasteiger charge is -2.28. The second-order valence-corrected chi connectivity index (χ2v) is 15.9. The highest BCUT2D eigenvalue weighted by Crippen LogP contribution is 2.21. The van der Waals surface area contributed by atoms with Gasteiger partial charge in [-0.25, -0.2) is 9.99 Å². The first kappa shape index (κ1) is 47.5. The van der Waals surface area contributed by atoms with Crippen LogP contribution in [0.15, 0.2) is 104 Å². The number of benzene rings is 3. The predicted octanol–water partition coefficient (Wildman–Crippen LogP) is 0.448. The molecular formula is C47H55N13O6. The molecule has 0 saturated heterocycles. The minimum absolute atomic E-state index is 0.0180. The number of aromatic nitrogens is 4. The molecule has 3 heterocycles. The van der Waals surface area contributed by atoms with Gasteiger partial charge in [0.25, 0.3) is 5.91 Å². The molecular weight excluding hydrogens is 843 g/mol. The highest BCUT2D eigenvalue weighted by atomic mass is 16.2. The van der Waals surface area contributed by atoms with Crippen LogP contribution in [0.2, 0.25) is 0 Å². The second kappa shape index (κ2) is 23.1. The summed E-state index contributed by atoms with van der Waals surface area (Å²) < 4.78 is 0. The second-order valence-electron chi connectivity index (χ2n) is 15.9. The maximum Gasteiger partial charge on any atom is 0.264 e. The molecule has 0 radical (unpaired) electrons. The Morgan fingerprint density at radius 3 is 1.85 bits per heavy atom. The van der Waals surface area contributed by atoms with Gasteiger partial charge in [0.1, 0.15) is 30.7 Å².